The van der Waals surface area contributed by atoms with Gasteiger partial charge in [0, 0.05) is 23.1 Å². The molecule has 2 aromatic carbocycles. The third-order valence-electron chi connectivity index (χ3n) is 5.90. The molecular weight excluding hydrogens is 530 g/mol. The average molecular weight is 560 g/mol. The minimum Gasteiger partial charge on any atom is -0.497 e. The normalized spacial score (nSPS) is 14.5. The molecule has 192 valence electrons. The molecule has 0 fully saturated rings. The Morgan fingerprint density at radius 2 is 1.81 bits per heavy atom. The molecule has 0 radical (unpaired) electrons. The maximum Gasteiger partial charge on any atom is 0.327 e. The standard InChI is InChI=1S/C26H30BrN3O6/c1-25(2,3)23(33)36-16-30(15-31)24(34)28-26(4,18-7-9-19(27)10-8-18)14-29-13-17-6-11-20(35-5)12-21(17)22(29)32/h6-12,15H,13-14,16H2,1-5H3,(H,28,34)/t26-/m0/s1. The van der Waals surface area contributed by atoms with E-state index >= 15 is 0 Å². The average Bonchev–Trinajstić information content (AvgIpc) is 3.13. The van der Waals surface area contributed by atoms with E-state index in [0.29, 0.717) is 24.3 Å². The summed E-state index contributed by atoms with van der Waals surface area (Å²) in [6.07, 6.45) is 0.302. The highest BCUT2D eigenvalue weighted by Crippen LogP contribution is 2.31. The van der Waals surface area contributed by atoms with Crippen LogP contribution in [0, 0.1) is 5.41 Å². The van der Waals surface area contributed by atoms with E-state index in [1.165, 1.54) is 7.11 Å². The van der Waals surface area contributed by atoms with Crippen LogP contribution in [-0.4, -0.2) is 54.5 Å². The number of halogens is 1. The van der Waals surface area contributed by atoms with Crippen LogP contribution < -0.4 is 10.1 Å². The maximum absolute atomic E-state index is 13.2. The number of fused-ring (bicyclic) bond motifs is 1. The van der Waals surface area contributed by atoms with E-state index in [4.69, 9.17) is 9.47 Å². The second-order valence-corrected chi connectivity index (χ2v) is 10.8. The van der Waals surface area contributed by atoms with Gasteiger partial charge in [-0.25, -0.2) is 9.69 Å². The first-order valence-corrected chi connectivity index (χ1v) is 12.1. The molecule has 36 heavy (non-hydrogen) atoms. The van der Waals surface area contributed by atoms with Gasteiger partial charge in [-0.15, -0.1) is 0 Å². The molecule has 0 bridgehead atoms. The summed E-state index contributed by atoms with van der Waals surface area (Å²) in [7, 11) is 1.54. The minimum absolute atomic E-state index is 0.130. The Hall–Kier alpha value is -3.40. The first-order valence-electron chi connectivity index (χ1n) is 11.3. The third kappa shape index (κ3) is 6.04. The summed E-state index contributed by atoms with van der Waals surface area (Å²) < 4.78 is 11.2. The summed E-state index contributed by atoms with van der Waals surface area (Å²) in [6, 6.07) is 11.9. The zero-order valence-electron chi connectivity index (χ0n) is 21.0. The van der Waals surface area contributed by atoms with Crippen molar-refractivity contribution >= 4 is 40.2 Å². The fourth-order valence-electron chi connectivity index (χ4n) is 3.79. The number of methoxy groups -OCH3 is 1. The van der Waals surface area contributed by atoms with E-state index in [0.717, 1.165) is 20.5 Å². The van der Waals surface area contributed by atoms with Crippen molar-refractivity contribution in [3.8, 4) is 5.75 Å². The lowest BCUT2D eigenvalue weighted by Crippen LogP contribution is -2.55. The lowest BCUT2D eigenvalue weighted by molar-refractivity contribution is -0.157. The smallest absolute Gasteiger partial charge is 0.327 e. The van der Waals surface area contributed by atoms with Gasteiger partial charge in [0.25, 0.3) is 5.91 Å². The third-order valence-corrected chi connectivity index (χ3v) is 6.43. The van der Waals surface area contributed by atoms with Crippen molar-refractivity contribution in [3.63, 3.8) is 0 Å². The van der Waals surface area contributed by atoms with Gasteiger partial charge in [-0.3, -0.25) is 14.4 Å². The number of nitrogens with one attached hydrogen (secondary N) is 1. The molecule has 1 N–H and O–H groups in total. The van der Waals surface area contributed by atoms with Crippen molar-refractivity contribution in [1.29, 1.82) is 0 Å². The molecule has 0 aliphatic carbocycles. The van der Waals surface area contributed by atoms with Crippen molar-refractivity contribution in [2.45, 2.75) is 39.8 Å². The van der Waals surface area contributed by atoms with E-state index in [2.05, 4.69) is 21.2 Å². The number of rotatable bonds is 8. The highest BCUT2D eigenvalue weighted by molar-refractivity contribution is 9.10. The molecule has 1 atom stereocenters. The van der Waals surface area contributed by atoms with Gasteiger partial charge in [-0.05, 0) is 63.1 Å². The fraction of sp³-hybridized carbons (Fsp3) is 0.385. The number of ether oxygens (including phenoxy) is 2. The molecule has 9 nitrogen and oxygen atoms in total. The molecule has 0 unspecified atom stereocenters. The van der Waals surface area contributed by atoms with Crippen molar-refractivity contribution in [3.05, 3.63) is 63.6 Å². The Morgan fingerprint density at radius 1 is 1.14 bits per heavy atom. The van der Waals surface area contributed by atoms with Gasteiger partial charge in [-0.2, -0.15) is 0 Å². The molecule has 2 aromatic rings. The monoisotopic (exact) mass is 559 g/mol. The van der Waals surface area contributed by atoms with Crippen molar-refractivity contribution in [2.75, 3.05) is 20.4 Å². The molecule has 0 saturated carbocycles. The van der Waals surface area contributed by atoms with E-state index in [-0.39, 0.29) is 12.5 Å². The van der Waals surface area contributed by atoms with Crippen LogP contribution in [0.5, 0.6) is 5.75 Å². The summed E-state index contributed by atoms with van der Waals surface area (Å²) >= 11 is 3.41. The van der Waals surface area contributed by atoms with Crippen LogP contribution in [0.3, 0.4) is 0 Å². The molecule has 1 heterocycles. The number of esters is 1. The predicted molar refractivity (Wildman–Crippen MR) is 136 cm³/mol. The summed E-state index contributed by atoms with van der Waals surface area (Å²) in [4.78, 5) is 52.5. The fourth-order valence-corrected chi connectivity index (χ4v) is 4.05. The van der Waals surface area contributed by atoms with Crippen LogP contribution in [0.2, 0.25) is 0 Å². The van der Waals surface area contributed by atoms with Gasteiger partial charge in [0.2, 0.25) is 6.41 Å². The van der Waals surface area contributed by atoms with Gasteiger partial charge in [0.05, 0.1) is 18.1 Å². The highest BCUT2D eigenvalue weighted by Gasteiger charge is 2.38. The lowest BCUT2D eigenvalue weighted by Gasteiger charge is -2.36. The Balaban J connectivity index is 1.84. The summed E-state index contributed by atoms with van der Waals surface area (Å²) in [6.45, 7) is 6.75. The topological polar surface area (TPSA) is 105 Å². The molecule has 1 aliphatic heterocycles. The van der Waals surface area contributed by atoms with E-state index < -0.39 is 29.7 Å². The van der Waals surface area contributed by atoms with Crippen LogP contribution in [0.1, 0.15) is 49.2 Å². The molecule has 0 spiro atoms. The van der Waals surface area contributed by atoms with Crippen molar-refractivity contribution in [1.82, 2.24) is 15.1 Å². The number of nitrogens with zero attached hydrogens (tertiary/aromatic N) is 2. The summed E-state index contributed by atoms with van der Waals surface area (Å²) in [5.74, 6) is -0.152. The zero-order chi connectivity index (χ0) is 26.7. The molecule has 0 aromatic heterocycles. The molecule has 4 amide bonds. The van der Waals surface area contributed by atoms with Gasteiger partial charge < -0.3 is 19.7 Å². The number of carbonyl (C=O) groups excluding carboxylic acids is 4. The van der Waals surface area contributed by atoms with Crippen LogP contribution in [0.25, 0.3) is 0 Å². The van der Waals surface area contributed by atoms with Crippen molar-refractivity contribution in [2.24, 2.45) is 5.41 Å². The van der Waals surface area contributed by atoms with E-state index in [1.54, 1.807) is 44.7 Å². The van der Waals surface area contributed by atoms with Crippen LogP contribution in [-0.2, 0) is 26.4 Å². The number of urea groups is 1. The van der Waals surface area contributed by atoms with Crippen LogP contribution >= 0.6 is 15.9 Å². The molecule has 3 rings (SSSR count). The van der Waals surface area contributed by atoms with Gasteiger partial charge in [0.15, 0.2) is 6.73 Å². The molecule has 1 aliphatic rings. The van der Waals surface area contributed by atoms with E-state index in [1.807, 2.05) is 30.3 Å². The number of benzene rings is 2. The number of carbonyl (C=O) groups is 4. The zero-order valence-corrected chi connectivity index (χ0v) is 22.5. The van der Waals surface area contributed by atoms with E-state index in [9.17, 15) is 19.2 Å². The molecular formula is C26H30BrN3O6. The van der Waals surface area contributed by atoms with Crippen molar-refractivity contribution < 1.29 is 28.7 Å². The largest absolute Gasteiger partial charge is 0.497 e. The van der Waals surface area contributed by atoms with Crippen LogP contribution in [0.4, 0.5) is 4.79 Å². The minimum atomic E-state index is -1.07. The number of hydrogen-bond acceptors (Lipinski definition) is 6. The summed E-state index contributed by atoms with van der Waals surface area (Å²) in [5.41, 5.74) is 0.258. The summed E-state index contributed by atoms with van der Waals surface area (Å²) in [5, 5.41) is 2.87. The quantitative estimate of drug-likeness (QED) is 0.297. The highest BCUT2D eigenvalue weighted by atomic mass is 79.9. The number of imide groups is 1. The first-order chi connectivity index (χ1) is 16.9. The van der Waals surface area contributed by atoms with Gasteiger partial charge >= 0.3 is 12.0 Å². The maximum atomic E-state index is 13.2. The van der Waals surface area contributed by atoms with Crippen LogP contribution in [0.15, 0.2) is 46.9 Å². The lowest BCUT2D eigenvalue weighted by atomic mass is 9.91. The Morgan fingerprint density at radius 3 is 2.39 bits per heavy atom. The Bertz CT molecular complexity index is 1160. The number of hydrogen-bond donors (Lipinski definition) is 1. The molecule has 10 heteroatoms. The molecule has 0 saturated heterocycles. The first kappa shape index (κ1) is 27.2. The number of amides is 4. The van der Waals surface area contributed by atoms with Gasteiger partial charge in [-0.1, -0.05) is 34.1 Å². The second kappa shape index (κ2) is 10.7. The Kier molecular flexibility index (Phi) is 8.08. The van der Waals surface area contributed by atoms with Gasteiger partial charge in [0.1, 0.15) is 5.75 Å². The predicted octanol–water partition coefficient (Wildman–Crippen LogP) is 4.04. The SMILES string of the molecule is COc1ccc2c(c1)C(=O)N(C[C@](C)(NC(=O)N(C=O)COC(=O)C(C)(C)C)c1ccc(Br)cc1)C2. The second-order valence-electron chi connectivity index (χ2n) is 9.84. The Labute approximate surface area is 218 Å².